The van der Waals surface area contributed by atoms with Gasteiger partial charge >= 0.3 is 17.1 Å². The van der Waals surface area contributed by atoms with Crippen molar-refractivity contribution in [2.45, 2.75) is 0 Å². The van der Waals surface area contributed by atoms with Crippen LogP contribution in [0.4, 0.5) is 11.4 Å². The van der Waals surface area contributed by atoms with Crippen LogP contribution in [0.2, 0.25) is 0 Å². The van der Waals surface area contributed by atoms with E-state index in [0.717, 1.165) is 52.4 Å². The number of hydrogen-bond donors (Lipinski definition) is 0. The molecule has 0 bridgehead atoms. The van der Waals surface area contributed by atoms with Crippen LogP contribution in [0.3, 0.4) is 0 Å². The molecule has 4 nitrogen and oxygen atoms in total. The van der Waals surface area contributed by atoms with E-state index in [1.807, 2.05) is 12.1 Å². The molecular formula is C22H26FeN4S4. The van der Waals surface area contributed by atoms with Crippen molar-refractivity contribution in [3.63, 3.8) is 0 Å². The predicted octanol–water partition coefficient (Wildman–Crippen LogP) is 3.28. The minimum atomic E-state index is 0. The summed E-state index contributed by atoms with van der Waals surface area (Å²) in [4.78, 5) is 8.91. The SMILES string of the molecule is S=C([S-])N1CCN(c2ccccc2)CC1.S=C([S-])N1CCN(c2ccccc2)CC1.[Fe+2]. The van der Waals surface area contributed by atoms with Crippen molar-refractivity contribution in [3.8, 4) is 0 Å². The van der Waals surface area contributed by atoms with Crippen LogP contribution in [-0.4, -0.2) is 70.8 Å². The molecule has 2 heterocycles. The van der Waals surface area contributed by atoms with Crippen molar-refractivity contribution in [3.05, 3.63) is 60.7 Å². The number of rotatable bonds is 2. The van der Waals surface area contributed by atoms with Gasteiger partial charge in [0.1, 0.15) is 0 Å². The molecule has 0 N–H and O–H groups in total. The summed E-state index contributed by atoms with van der Waals surface area (Å²) in [5.74, 6) is 0. The smallest absolute Gasteiger partial charge is 0.411 e. The third-order valence-corrected chi connectivity index (χ3v) is 6.35. The van der Waals surface area contributed by atoms with Crippen LogP contribution in [0.1, 0.15) is 0 Å². The van der Waals surface area contributed by atoms with Crippen molar-refractivity contribution in [1.29, 1.82) is 0 Å². The van der Waals surface area contributed by atoms with Gasteiger partial charge < -0.3 is 69.3 Å². The summed E-state index contributed by atoms with van der Waals surface area (Å²) in [5, 5.41) is 0. The zero-order chi connectivity index (χ0) is 21.3. The monoisotopic (exact) mass is 530 g/mol. The van der Waals surface area contributed by atoms with E-state index in [0.29, 0.717) is 8.64 Å². The van der Waals surface area contributed by atoms with Crippen LogP contribution in [0.5, 0.6) is 0 Å². The molecule has 0 amide bonds. The number of benzene rings is 2. The summed E-state index contributed by atoms with van der Waals surface area (Å²) in [6.45, 7) is 7.77. The molecule has 2 aliphatic heterocycles. The van der Waals surface area contributed by atoms with E-state index < -0.39 is 0 Å². The van der Waals surface area contributed by atoms with E-state index >= 15 is 0 Å². The minimum absolute atomic E-state index is 0. The number of anilines is 2. The van der Waals surface area contributed by atoms with Crippen LogP contribution < -0.4 is 9.80 Å². The minimum Gasteiger partial charge on any atom is -0.411 e. The van der Waals surface area contributed by atoms with Gasteiger partial charge in [0.05, 0.1) is 0 Å². The standard InChI is InChI=1S/2C11H14N2S2.Fe/c2*14-11(15)13-8-6-12(7-9-13)10-4-2-1-3-5-10;/h2*1-5H,6-9H2,(H,14,15);/q;;+2/p-2. The van der Waals surface area contributed by atoms with Crippen molar-refractivity contribution >= 4 is 69.7 Å². The molecule has 31 heavy (non-hydrogen) atoms. The second-order valence-corrected chi connectivity index (χ2v) is 9.21. The van der Waals surface area contributed by atoms with E-state index in [4.69, 9.17) is 49.7 Å². The molecule has 4 rings (SSSR count). The molecule has 0 radical (unpaired) electrons. The number of hydrogen-bond acceptors (Lipinski definition) is 6. The maximum Gasteiger partial charge on any atom is 2.00 e. The van der Waals surface area contributed by atoms with Gasteiger partial charge in [-0.05, 0) is 24.3 Å². The van der Waals surface area contributed by atoms with Gasteiger partial charge in [-0.15, -0.1) is 0 Å². The maximum absolute atomic E-state index is 4.99. The van der Waals surface area contributed by atoms with Gasteiger partial charge in [0, 0.05) is 63.7 Å². The molecule has 0 saturated carbocycles. The Hall–Kier alpha value is -1.22. The van der Waals surface area contributed by atoms with Crippen LogP contribution in [-0.2, 0) is 42.3 Å². The van der Waals surface area contributed by atoms with Gasteiger partial charge in [-0.3, -0.25) is 0 Å². The fourth-order valence-electron chi connectivity index (χ4n) is 3.57. The second kappa shape index (κ2) is 13.4. The summed E-state index contributed by atoms with van der Waals surface area (Å²) in [7, 11) is 0. The maximum atomic E-state index is 4.99. The van der Waals surface area contributed by atoms with Crippen LogP contribution in [0.15, 0.2) is 60.7 Å². The summed E-state index contributed by atoms with van der Waals surface area (Å²) >= 11 is 20.0. The molecule has 2 aromatic rings. The molecule has 166 valence electrons. The van der Waals surface area contributed by atoms with Crippen molar-refractivity contribution in [1.82, 2.24) is 9.80 Å². The Labute approximate surface area is 218 Å². The normalized spacial score (nSPS) is 16.0. The van der Waals surface area contributed by atoms with Crippen molar-refractivity contribution < 1.29 is 17.1 Å². The Morgan fingerprint density at radius 1 is 0.548 bits per heavy atom. The number of para-hydroxylation sites is 2. The van der Waals surface area contributed by atoms with Gasteiger partial charge in [0.15, 0.2) is 0 Å². The largest absolute Gasteiger partial charge is 2.00 e. The molecule has 0 aromatic heterocycles. The number of thiocarbonyl (C=S) groups is 2. The Balaban J connectivity index is 0.000000213. The van der Waals surface area contributed by atoms with Crippen LogP contribution in [0.25, 0.3) is 0 Å². The first-order valence-electron chi connectivity index (χ1n) is 10.1. The van der Waals surface area contributed by atoms with Gasteiger partial charge in [-0.2, -0.15) is 0 Å². The fourth-order valence-corrected chi connectivity index (χ4v) is 4.30. The molecular weight excluding hydrogens is 504 g/mol. The average Bonchev–Trinajstić information content (AvgIpc) is 2.81. The van der Waals surface area contributed by atoms with Gasteiger partial charge in [-0.1, -0.05) is 45.0 Å². The van der Waals surface area contributed by atoms with Crippen molar-refractivity contribution in [2.75, 3.05) is 62.2 Å². The van der Waals surface area contributed by atoms with E-state index in [9.17, 15) is 0 Å². The third kappa shape index (κ3) is 8.00. The molecule has 0 spiro atoms. The first kappa shape index (κ1) is 26.0. The molecule has 0 atom stereocenters. The summed E-state index contributed by atoms with van der Waals surface area (Å²) in [5.41, 5.74) is 2.57. The van der Waals surface area contributed by atoms with Crippen LogP contribution in [0, 0.1) is 0 Å². The molecule has 2 saturated heterocycles. The van der Waals surface area contributed by atoms with E-state index in [1.165, 1.54) is 11.4 Å². The van der Waals surface area contributed by atoms with E-state index in [1.54, 1.807) is 0 Å². The van der Waals surface area contributed by atoms with Gasteiger partial charge in [0.2, 0.25) is 0 Å². The average molecular weight is 531 g/mol. The summed E-state index contributed by atoms with van der Waals surface area (Å²) < 4.78 is 1.20. The third-order valence-electron chi connectivity index (χ3n) is 5.32. The predicted molar refractivity (Wildman–Crippen MR) is 140 cm³/mol. The summed E-state index contributed by atoms with van der Waals surface area (Å²) in [6, 6.07) is 20.9. The fraction of sp³-hybridized carbons (Fsp3) is 0.364. The Bertz CT molecular complexity index is 739. The van der Waals surface area contributed by atoms with E-state index in [2.05, 4.69) is 68.1 Å². The zero-order valence-electron chi connectivity index (χ0n) is 17.2. The molecule has 0 aliphatic carbocycles. The first-order valence-corrected chi connectivity index (χ1v) is 11.7. The first-order chi connectivity index (χ1) is 14.5. The van der Waals surface area contributed by atoms with Gasteiger partial charge in [-0.25, -0.2) is 0 Å². The Kier molecular flexibility index (Phi) is 11.2. The van der Waals surface area contributed by atoms with Gasteiger partial charge in [0.25, 0.3) is 0 Å². The van der Waals surface area contributed by atoms with Crippen LogP contribution >= 0.6 is 24.4 Å². The van der Waals surface area contributed by atoms with E-state index in [-0.39, 0.29) is 17.1 Å². The number of nitrogens with zero attached hydrogens (tertiary/aromatic N) is 4. The molecule has 2 aromatic carbocycles. The molecule has 9 heteroatoms. The molecule has 2 fully saturated rings. The topological polar surface area (TPSA) is 13.0 Å². The zero-order valence-corrected chi connectivity index (χ0v) is 21.6. The summed E-state index contributed by atoms with van der Waals surface area (Å²) in [6.07, 6.45) is 0. The Morgan fingerprint density at radius 3 is 1.10 bits per heavy atom. The van der Waals surface area contributed by atoms with Crippen molar-refractivity contribution in [2.24, 2.45) is 0 Å². The molecule has 2 aliphatic rings. The number of piperazine rings is 2. The Morgan fingerprint density at radius 2 is 0.839 bits per heavy atom. The molecule has 0 unspecified atom stereocenters. The quantitative estimate of drug-likeness (QED) is 0.329. The second-order valence-electron chi connectivity index (χ2n) is 7.15.